The van der Waals surface area contributed by atoms with E-state index in [9.17, 15) is 4.79 Å². The number of H-pyrrole nitrogens is 1. The molecule has 0 aromatic carbocycles. The van der Waals surface area contributed by atoms with Crippen molar-refractivity contribution in [2.45, 2.75) is 0 Å². The maximum absolute atomic E-state index is 11.4. The minimum atomic E-state index is -0.179. The van der Waals surface area contributed by atoms with E-state index in [0.29, 0.717) is 5.82 Å². The third-order valence-corrected chi connectivity index (χ3v) is 3.00. The third kappa shape index (κ3) is 2.02. The van der Waals surface area contributed by atoms with Crippen molar-refractivity contribution < 1.29 is 4.74 Å². The van der Waals surface area contributed by atoms with Crippen molar-refractivity contribution in [3.05, 3.63) is 41.2 Å². The van der Waals surface area contributed by atoms with Crippen molar-refractivity contribution >= 4 is 5.69 Å². The topological polar surface area (TPSA) is 63.2 Å². The van der Waals surface area contributed by atoms with Crippen LogP contribution in [0.5, 0.6) is 0 Å². The van der Waals surface area contributed by atoms with Gasteiger partial charge in [0.05, 0.1) is 25.1 Å². The van der Waals surface area contributed by atoms with Crippen LogP contribution in [0.4, 0.5) is 5.69 Å². The van der Waals surface area contributed by atoms with Crippen molar-refractivity contribution in [1.29, 1.82) is 0 Å². The fourth-order valence-electron chi connectivity index (χ4n) is 2.03. The van der Waals surface area contributed by atoms with Gasteiger partial charge in [-0.2, -0.15) is 0 Å². The van der Waals surface area contributed by atoms with Gasteiger partial charge in [0.15, 0.2) is 0 Å². The Labute approximate surface area is 104 Å². The second-order valence-electron chi connectivity index (χ2n) is 4.11. The van der Waals surface area contributed by atoms with Crippen molar-refractivity contribution in [3.63, 3.8) is 0 Å². The summed E-state index contributed by atoms with van der Waals surface area (Å²) in [7, 11) is 0. The van der Waals surface area contributed by atoms with Crippen LogP contribution in [0, 0.1) is 0 Å². The van der Waals surface area contributed by atoms with E-state index in [2.05, 4.69) is 14.9 Å². The number of nitrogens with one attached hydrogen (secondary N) is 1. The van der Waals surface area contributed by atoms with Gasteiger partial charge in [-0.3, -0.25) is 4.57 Å². The van der Waals surface area contributed by atoms with Gasteiger partial charge in [0, 0.05) is 25.5 Å². The Bertz CT molecular complexity index is 566. The van der Waals surface area contributed by atoms with Crippen LogP contribution in [0.2, 0.25) is 0 Å². The van der Waals surface area contributed by atoms with Crippen molar-refractivity contribution in [3.8, 4) is 5.82 Å². The molecule has 1 saturated heterocycles. The van der Waals surface area contributed by atoms with Gasteiger partial charge >= 0.3 is 5.69 Å². The summed E-state index contributed by atoms with van der Waals surface area (Å²) in [4.78, 5) is 20.6. The van der Waals surface area contributed by atoms with Gasteiger partial charge < -0.3 is 14.6 Å². The molecule has 0 spiro atoms. The van der Waals surface area contributed by atoms with Gasteiger partial charge in [0.1, 0.15) is 5.82 Å². The van der Waals surface area contributed by atoms with Crippen LogP contribution < -0.4 is 10.6 Å². The molecule has 6 heteroatoms. The largest absolute Gasteiger partial charge is 0.378 e. The lowest BCUT2D eigenvalue weighted by molar-refractivity contribution is 0.122. The molecule has 0 saturated carbocycles. The molecule has 1 aliphatic rings. The number of hydrogen-bond donors (Lipinski definition) is 1. The number of pyridine rings is 1. The zero-order chi connectivity index (χ0) is 12.4. The third-order valence-electron chi connectivity index (χ3n) is 3.00. The number of hydrogen-bond acceptors (Lipinski definition) is 4. The maximum atomic E-state index is 11.4. The molecule has 1 fully saturated rings. The lowest BCUT2D eigenvalue weighted by Gasteiger charge is -2.28. The predicted molar refractivity (Wildman–Crippen MR) is 67.2 cm³/mol. The Morgan fingerprint density at radius 1 is 1.28 bits per heavy atom. The number of nitrogens with zero attached hydrogens (tertiary/aromatic N) is 3. The van der Waals surface area contributed by atoms with E-state index in [1.54, 1.807) is 18.6 Å². The minimum absolute atomic E-state index is 0.179. The van der Waals surface area contributed by atoms with E-state index in [4.69, 9.17) is 4.74 Å². The molecule has 1 aliphatic heterocycles. The molecule has 6 nitrogen and oxygen atoms in total. The molecule has 0 amide bonds. The van der Waals surface area contributed by atoms with E-state index in [1.165, 1.54) is 4.57 Å². The lowest BCUT2D eigenvalue weighted by atomic mass is 10.3. The summed E-state index contributed by atoms with van der Waals surface area (Å²) < 4.78 is 6.78. The predicted octanol–water partition coefficient (Wildman–Crippen LogP) is 0.397. The lowest BCUT2D eigenvalue weighted by Crippen LogP contribution is -2.36. The van der Waals surface area contributed by atoms with Gasteiger partial charge in [-0.1, -0.05) is 0 Å². The average Bonchev–Trinajstić information content (AvgIpc) is 2.86. The van der Waals surface area contributed by atoms with Crippen molar-refractivity contribution in [2.24, 2.45) is 0 Å². The summed E-state index contributed by atoms with van der Waals surface area (Å²) in [6, 6.07) is 3.83. The van der Waals surface area contributed by atoms with Gasteiger partial charge in [0.25, 0.3) is 0 Å². The number of aromatic amines is 1. The zero-order valence-corrected chi connectivity index (χ0v) is 9.87. The van der Waals surface area contributed by atoms with E-state index in [0.717, 1.165) is 32.0 Å². The number of rotatable bonds is 2. The van der Waals surface area contributed by atoms with Crippen LogP contribution in [0.1, 0.15) is 0 Å². The van der Waals surface area contributed by atoms with Crippen LogP contribution in [0.15, 0.2) is 35.5 Å². The Kier molecular flexibility index (Phi) is 2.85. The Balaban J connectivity index is 1.85. The van der Waals surface area contributed by atoms with Crippen LogP contribution in [-0.4, -0.2) is 40.8 Å². The van der Waals surface area contributed by atoms with Crippen molar-refractivity contribution in [1.82, 2.24) is 14.5 Å². The zero-order valence-electron chi connectivity index (χ0n) is 9.87. The summed E-state index contributed by atoms with van der Waals surface area (Å²) in [5.41, 5.74) is 0.882. The number of morpholine rings is 1. The monoisotopic (exact) mass is 246 g/mol. The van der Waals surface area contributed by atoms with E-state index in [1.807, 2.05) is 12.1 Å². The quantitative estimate of drug-likeness (QED) is 0.833. The Morgan fingerprint density at radius 2 is 2.11 bits per heavy atom. The second kappa shape index (κ2) is 4.66. The minimum Gasteiger partial charge on any atom is -0.378 e. The van der Waals surface area contributed by atoms with E-state index < -0.39 is 0 Å². The fourth-order valence-corrected chi connectivity index (χ4v) is 2.03. The highest BCUT2D eigenvalue weighted by molar-refractivity contribution is 5.46. The molecular weight excluding hydrogens is 232 g/mol. The summed E-state index contributed by atoms with van der Waals surface area (Å²) >= 11 is 0. The summed E-state index contributed by atoms with van der Waals surface area (Å²) in [6.45, 7) is 3.26. The standard InChI is InChI=1S/C12H14N4O2/c17-12-13-3-4-16(12)11-2-1-10(9-14-11)15-5-7-18-8-6-15/h1-4,9H,5-8H2,(H,13,17). The molecule has 0 bridgehead atoms. The smallest absolute Gasteiger partial charge is 0.331 e. The number of anilines is 1. The first-order chi connectivity index (χ1) is 8.84. The van der Waals surface area contributed by atoms with Crippen molar-refractivity contribution in [2.75, 3.05) is 31.2 Å². The number of imidazole rings is 1. The number of ether oxygens (including phenoxy) is 1. The highest BCUT2D eigenvalue weighted by Gasteiger charge is 2.11. The normalized spacial score (nSPS) is 15.9. The van der Waals surface area contributed by atoms with Crippen LogP contribution >= 0.6 is 0 Å². The maximum Gasteiger partial charge on any atom is 0.331 e. The van der Waals surface area contributed by atoms with E-state index in [-0.39, 0.29) is 5.69 Å². The van der Waals surface area contributed by atoms with E-state index >= 15 is 0 Å². The molecule has 18 heavy (non-hydrogen) atoms. The van der Waals surface area contributed by atoms with Crippen LogP contribution in [-0.2, 0) is 4.74 Å². The molecular formula is C12H14N4O2. The molecule has 2 aromatic heterocycles. The molecule has 0 unspecified atom stereocenters. The Hall–Kier alpha value is -2.08. The average molecular weight is 246 g/mol. The highest BCUT2D eigenvalue weighted by atomic mass is 16.5. The summed E-state index contributed by atoms with van der Waals surface area (Å²) in [5.74, 6) is 0.623. The van der Waals surface area contributed by atoms with Gasteiger partial charge in [0.2, 0.25) is 0 Å². The SMILES string of the molecule is O=c1[nH]ccn1-c1ccc(N2CCOCC2)cn1. The first-order valence-corrected chi connectivity index (χ1v) is 5.90. The highest BCUT2D eigenvalue weighted by Crippen LogP contribution is 2.15. The molecule has 0 aliphatic carbocycles. The molecule has 0 radical (unpaired) electrons. The van der Waals surface area contributed by atoms with Gasteiger partial charge in [-0.05, 0) is 12.1 Å². The van der Waals surface area contributed by atoms with Gasteiger partial charge in [-0.15, -0.1) is 0 Å². The molecule has 0 atom stereocenters. The van der Waals surface area contributed by atoms with Gasteiger partial charge in [-0.25, -0.2) is 9.78 Å². The first kappa shape index (κ1) is 11.0. The molecule has 94 valence electrons. The molecule has 2 aromatic rings. The molecule has 3 heterocycles. The summed E-state index contributed by atoms with van der Waals surface area (Å²) in [5, 5.41) is 0. The van der Waals surface area contributed by atoms with Crippen LogP contribution in [0.3, 0.4) is 0 Å². The summed E-state index contributed by atoms with van der Waals surface area (Å²) in [6.07, 6.45) is 5.05. The molecule has 1 N–H and O–H groups in total. The first-order valence-electron chi connectivity index (χ1n) is 5.90. The number of aromatic nitrogens is 3. The second-order valence-corrected chi connectivity index (χ2v) is 4.11. The van der Waals surface area contributed by atoms with Crippen LogP contribution in [0.25, 0.3) is 5.82 Å². The Morgan fingerprint density at radius 3 is 2.72 bits per heavy atom. The molecule has 3 rings (SSSR count). The fraction of sp³-hybridized carbons (Fsp3) is 0.333.